The van der Waals surface area contributed by atoms with E-state index in [1.807, 2.05) is 17.8 Å². The molecule has 15 heavy (non-hydrogen) atoms. The van der Waals surface area contributed by atoms with Crippen LogP contribution in [0.2, 0.25) is 0 Å². The van der Waals surface area contributed by atoms with Crippen LogP contribution < -0.4 is 5.32 Å². The maximum Gasteiger partial charge on any atom is 0.155 e. The Morgan fingerprint density at radius 3 is 3.20 bits per heavy atom. The van der Waals surface area contributed by atoms with E-state index in [1.165, 1.54) is 5.56 Å². The molecule has 80 valence electrons. The van der Waals surface area contributed by atoms with E-state index < -0.39 is 4.87 Å². The Hall–Kier alpha value is -0.870. The first kappa shape index (κ1) is 9.36. The van der Waals surface area contributed by atoms with Crippen molar-refractivity contribution in [1.29, 1.82) is 0 Å². The smallest absolute Gasteiger partial charge is 0.155 e. The molecule has 2 atom stereocenters. The van der Waals surface area contributed by atoms with Crippen LogP contribution in [0.4, 0.5) is 5.82 Å². The first-order valence-electron chi connectivity index (χ1n) is 5.15. The van der Waals surface area contributed by atoms with E-state index in [1.54, 1.807) is 0 Å². The van der Waals surface area contributed by atoms with Gasteiger partial charge in [0.2, 0.25) is 0 Å². The van der Waals surface area contributed by atoms with Crippen LogP contribution in [-0.2, 0) is 13.1 Å². The van der Waals surface area contributed by atoms with Gasteiger partial charge in [0.25, 0.3) is 0 Å². The van der Waals surface area contributed by atoms with E-state index in [2.05, 4.69) is 22.3 Å². The van der Waals surface area contributed by atoms with E-state index in [9.17, 15) is 0 Å². The van der Waals surface area contributed by atoms with Crippen molar-refractivity contribution in [2.45, 2.75) is 37.9 Å². The van der Waals surface area contributed by atoms with Crippen molar-refractivity contribution in [3.05, 3.63) is 11.3 Å². The maximum absolute atomic E-state index is 6.35. The second-order valence-electron chi connectivity index (χ2n) is 4.38. The quantitative estimate of drug-likeness (QED) is 0.683. The number of nitrogens with one attached hydrogen (secondary N) is 1. The van der Waals surface area contributed by atoms with Crippen LogP contribution in [0.15, 0.2) is 4.99 Å². The van der Waals surface area contributed by atoms with Crippen LogP contribution in [-0.4, -0.2) is 20.9 Å². The predicted molar refractivity (Wildman–Crippen MR) is 59.9 cm³/mol. The van der Waals surface area contributed by atoms with Crippen molar-refractivity contribution >= 4 is 23.6 Å². The number of halogens is 1. The minimum atomic E-state index is -0.430. The summed E-state index contributed by atoms with van der Waals surface area (Å²) in [7, 11) is 0. The number of hydrogen-bond donors (Lipinski definition) is 1. The largest absolute Gasteiger partial charge is 0.307 e. The van der Waals surface area contributed by atoms with Crippen molar-refractivity contribution in [2.75, 3.05) is 0 Å². The first-order chi connectivity index (χ1) is 7.09. The third-order valence-corrected chi connectivity index (χ3v) is 3.69. The number of alkyl halides is 1. The maximum atomic E-state index is 6.35. The number of fused-ring (bicyclic) bond motifs is 3. The zero-order valence-corrected chi connectivity index (χ0v) is 9.54. The third kappa shape index (κ3) is 1.18. The highest BCUT2D eigenvalue weighted by Crippen LogP contribution is 2.38. The van der Waals surface area contributed by atoms with Gasteiger partial charge in [-0.3, -0.25) is 0 Å². The number of aromatic nitrogens is 2. The number of aliphatic imine (C=N–C) groups is 1. The lowest BCUT2D eigenvalue weighted by molar-refractivity contribution is 0.436. The Morgan fingerprint density at radius 1 is 1.60 bits per heavy atom. The SMILES string of the molecule is CC1n2nc3c(c2N=CC1(C)Cl)CNC3. The minimum absolute atomic E-state index is 0.150. The second kappa shape index (κ2) is 2.83. The molecular weight excluding hydrogens is 212 g/mol. The molecule has 0 amide bonds. The molecule has 3 rings (SSSR count). The minimum Gasteiger partial charge on any atom is -0.307 e. The van der Waals surface area contributed by atoms with Gasteiger partial charge in [0, 0.05) is 24.9 Å². The van der Waals surface area contributed by atoms with Crippen LogP contribution in [0, 0.1) is 0 Å². The fourth-order valence-corrected chi connectivity index (χ4v) is 2.22. The summed E-state index contributed by atoms with van der Waals surface area (Å²) < 4.78 is 1.96. The van der Waals surface area contributed by atoms with Crippen LogP contribution in [0.3, 0.4) is 0 Å². The fraction of sp³-hybridized carbons (Fsp3) is 0.600. The first-order valence-corrected chi connectivity index (χ1v) is 5.52. The van der Waals surface area contributed by atoms with E-state index in [4.69, 9.17) is 11.6 Å². The van der Waals surface area contributed by atoms with E-state index in [-0.39, 0.29) is 6.04 Å². The van der Waals surface area contributed by atoms with Gasteiger partial charge in [-0.15, -0.1) is 11.6 Å². The van der Waals surface area contributed by atoms with Crippen molar-refractivity contribution in [3.63, 3.8) is 0 Å². The molecule has 5 heteroatoms. The van der Waals surface area contributed by atoms with Crippen molar-refractivity contribution in [3.8, 4) is 0 Å². The lowest BCUT2D eigenvalue weighted by atomic mass is 10.0. The molecule has 0 bridgehead atoms. The summed E-state index contributed by atoms with van der Waals surface area (Å²) in [6.07, 6.45) is 1.83. The Labute approximate surface area is 93.3 Å². The monoisotopic (exact) mass is 224 g/mol. The summed E-state index contributed by atoms with van der Waals surface area (Å²) >= 11 is 6.35. The number of nitrogens with zero attached hydrogens (tertiary/aromatic N) is 3. The second-order valence-corrected chi connectivity index (χ2v) is 5.20. The Morgan fingerprint density at radius 2 is 2.40 bits per heavy atom. The molecule has 0 aliphatic carbocycles. The van der Waals surface area contributed by atoms with E-state index in [0.717, 1.165) is 24.6 Å². The van der Waals surface area contributed by atoms with Gasteiger partial charge in [-0.05, 0) is 13.8 Å². The van der Waals surface area contributed by atoms with Crippen LogP contribution in [0.5, 0.6) is 0 Å². The van der Waals surface area contributed by atoms with Crippen molar-refractivity contribution in [2.24, 2.45) is 4.99 Å². The average molecular weight is 225 g/mol. The summed E-state index contributed by atoms with van der Waals surface area (Å²) in [4.78, 5) is 4.00. The molecule has 0 saturated heterocycles. The molecular formula is C10H13ClN4. The molecule has 0 spiro atoms. The third-order valence-electron chi connectivity index (χ3n) is 3.28. The molecule has 3 heterocycles. The molecule has 1 aromatic rings. The Bertz CT molecular complexity index is 447. The average Bonchev–Trinajstić information content (AvgIpc) is 2.71. The topological polar surface area (TPSA) is 42.2 Å². The summed E-state index contributed by atoms with van der Waals surface area (Å²) in [5.41, 5.74) is 2.34. The van der Waals surface area contributed by atoms with Crippen molar-refractivity contribution in [1.82, 2.24) is 15.1 Å². The molecule has 4 nitrogen and oxygen atoms in total. The molecule has 1 N–H and O–H groups in total. The normalized spacial score (nSPS) is 32.9. The van der Waals surface area contributed by atoms with Gasteiger partial charge in [0.1, 0.15) is 0 Å². The summed E-state index contributed by atoms with van der Waals surface area (Å²) in [5, 5.41) is 7.83. The van der Waals surface area contributed by atoms with Crippen LogP contribution in [0.25, 0.3) is 0 Å². The zero-order valence-electron chi connectivity index (χ0n) is 8.79. The summed E-state index contributed by atoms with van der Waals surface area (Å²) in [6, 6.07) is 0.150. The van der Waals surface area contributed by atoms with Gasteiger partial charge >= 0.3 is 0 Å². The summed E-state index contributed by atoms with van der Waals surface area (Å²) in [6.45, 7) is 5.76. The number of rotatable bonds is 0. The van der Waals surface area contributed by atoms with Crippen LogP contribution in [0.1, 0.15) is 31.1 Å². The highest BCUT2D eigenvalue weighted by Gasteiger charge is 2.36. The van der Waals surface area contributed by atoms with Gasteiger partial charge in [0.05, 0.1) is 16.6 Å². The lowest BCUT2D eigenvalue weighted by Gasteiger charge is -2.29. The Balaban J connectivity index is 2.17. The van der Waals surface area contributed by atoms with Gasteiger partial charge < -0.3 is 5.32 Å². The molecule has 1 aromatic heterocycles. The predicted octanol–water partition coefficient (Wildman–Crippen LogP) is 1.76. The molecule has 0 fully saturated rings. The molecule has 0 saturated carbocycles. The van der Waals surface area contributed by atoms with Gasteiger partial charge in [-0.2, -0.15) is 5.10 Å². The zero-order chi connectivity index (χ0) is 10.6. The lowest BCUT2D eigenvalue weighted by Crippen LogP contribution is -2.34. The molecule has 0 radical (unpaired) electrons. The standard InChI is InChI=1S/C10H13ClN4/c1-6-10(2,11)5-13-9-7-3-12-4-8(7)14-15(6)9/h5-6,12H,3-4H2,1-2H3. The number of hydrogen-bond acceptors (Lipinski definition) is 3. The van der Waals surface area contributed by atoms with E-state index in [0.29, 0.717) is 0 Å². The fourth-order valence-electron chi connectivity index (χ4n) is 2.08. The van der Waals surface area contributed by atoms with Gasteiger partial charge in [-0.1, -0.05) is 0 Å². The summed E-state index contributed by atoms with van der Waals surface area (Å²) in [5.74, 6) is 0.973. The molecule has 2 aliphatic heterocycles. The molecule has 2 unspecified atom stereocenters. The highest BCUT2D eigenvalue weighted by molar-refractivity contribution is 6.32. The Kier molecular flexibility index (Phi) is 1.77. The van der Waals surface area contributed by atoms with Crippen molar-refractivity contribution < 1.29 is 0 Å². The van der Waals surface area contributed by atoms with E-state index >= 15 is 0 Å². The van der Waals surface area contributed by atoms with Gasteiger partial charge in [-0.25, -0.2) is 9.67 Å². The van der Waals surface area contributed by atoms with Gasteiger partial charge in [0.15, 0.2) is 5.82 Å². The van der Waals surface area contributed by atoms with Crippen LogP contribution >= 0.6 is 11.6 Å². The highest BCUT2D eigenvalue weighted by atomic mass is 35.5. The molecule has 0 aromatic carbocycles. The molecule has 2 aliphatic rings.